The first-order valence-corrected chi connectivity index (χ1v) is 10.3. The number of aryl methyl sites for hydroxylation is 1. The van der Waals surface area contributed by atoms with Crippen molar-refractivity contribution in [3.63, 3.8) is 0 Å². The smallest absolute Gasteiger partial charge is 0.225 e. The molecule has 2 N–H and O–H groups in total. The summed E-state index contributed by atoms with van der Waals surface area (Å²) >= 11 is 1.90. The molecule has 2 heterocycles. The SMILES string of the molecule is Cc1ccc(NC(=O)CC2CSCCN2)cc1OCC1CCOCC1. The fraction of sp³-hybridized carbons (Fsp3) is 0.632. The first-order chi connectivity index (χ1) is 12.2. The van der Waals surface area contributed by atoms with Crippen LogP contribution in [0.25, 0.3) is 0 Å². The predicted molar refractivity (Wildman–Crippen MR) is 103 cm³/mol. The van der Waals surface area contributed by atoms with Crippen LogP contribution in [0.15, 0.2) is 18.2 Å². The van der Waals surface area contributed by atoms with E-state index in [4.69, 9.17) is 9.47 Å². The minimum atomic E-state index is 0.0548. The van der Waals surface area contributed by atoms with Gasteiger partial charge >= 0.3 is 0 Å². The maximum absolute atomic E-state index is 12.3. The van der Waals surface area contributed by atoms with Gasteiger partial charge < -0.3 is 20.1 Å². The lowest BCUT2D eigenvalue weighted by atomic mass is 10.0. The molecule has 1 amide bonds. The Balaban J connectivity index is 1.51. The summed E-state index contributed by atoms with van der Waals surface area (Å²) in [6, 6.07) is 6.16. The van der Waals surface area contributed by atoms with E-state index in [9.17, 15) is 4.79 Å². The minimum absolute atomic E-state index is 0.0548. The number of benzene rings is 1. The number of carbonyl (C=O) groups is 1. The Hall–Kier alpha value is -1.24. The van der Waals surface area contributed by atoms with Crippen molar-refractivity contribution in [1.82, 2.24) is 5.32 Å². The Bertz CT molecular complexity index is 570. The van der Waals surface area contributed by atoms with Gasteiger partial charge in [-0.2, -0.15) is 11.8 Å². The van der Waals surface area contributed by atoms with Gasteiger partial charge in [-0.1, -0.05) is 6.07 Å². The number of carbonyl (C=O) groups excluding carboxylic acids is 1. The molecule has 5 nitrogen and oxygen atoms in total. The number of anilines is 1. The average Bonchev–Trinajstić information content (AvgIpc) is 2.64. The molecule has 0 aromatic heterocycles. The van der Waals surface area contributed by atoms with Crippen molar-refractivity contribution in [1.29, 1.82) is 0 Å². The second-order valence-electron chi connectivity index (χ2n) is 6.83. The lowest BCUT2D eigenvalue weighted by Gasteiger charge is -2.23. The molecule has 1 aromatic rings. The summed E-state index contributed by atoms with van der Waals surface area (Å²) in [6.45, 7) is 5.39. The van der Waals surface area contributed by atoms with Crippen molar-refractivity contribution >= 4 is 23.4 Å². The van der Waals surface area contributed by atoms with Gasteiger partial charge in [-0.15, -0.1) is 0 Å². The Morgan fingerprint density at radius 3 is 3.00 bits per heavy atom. The summed E-state index contributed by atoms with van der Waals surface area (Å²) in [5.74, 6) is 3.60. The molecular formula is C19H28N2O3S. The molecule has 1 atom stereocenters. The number of thioether (sulfide) groups is 1. The fourth-order valence-corrected chi connectivity index (χ4v) is 4.09. The Kier molecular flexibility index (Phi) is 7.02. The molecule has 0 spiro atoms. The monoisotopic (exact) mass is 364 g/mol. The Morgan fingerprint density at radius 1 is 1.40 bits per heavy atom. The third-order valence-corrected chi connectivity index (χ3v) is 5.85. The van der Waals surface area contributed by atoms with Crippen molar-refractivity contribution in [3.05, 3.63) is 23.8 Å². The molecule has 0 bridgehead atoms. The number of hydrogen-bond acceptors (Lipinski definition) is 5. The first-order valence-electron chi connectivity index (χ1n) is 9.13. The van der Waals surface area contributed by atoms with E-state index in [1.54, 1.807) is 0 Å². The lowest BCUT2D eigenvalue weighted by molar-refractivity contribution is -0.116. The van der Waals surface area contributed by atoms with Gasteiger partial charge in [-0.25, -0.2) is 0 Å². The van der Waals surface area contributed by atoms with Gasteiger partial charge in [0.15, 0.2) is 0 Å². The van der Waals surface area contributed by atoms with E-state index in [0.29, 0.717) is 18.9 Å². The molecule has 1 unspecified atom stereocenters. The maximum atomic E-state index is 12.3. The molecule has 1 aromatic carbocycles. The van der Waals surface area contributed by atoms with Gasteiger partial charge in [-0.3, -0.25) is 4.79 Å². The summed E-state index contributed by atoms with van der Waals surface area (Å²) in [5, 5.41) is 6.40. The minimum Gasteiger partial charge on any atom is -0.493 e. The van der Waals surface area contributed by atoms with Crippen LogP contribution in [0, 0.1) is 12.8 Å². The zero-order valence-electron chi connectivity index (χ0n) is 14.9. The fourth-order valence-electron chi connectivity index (χ4n) is 3.14. The first kappa shape index (κ1) is 18.5. The van der Waals surface area contributed by atoms with Crippen LogP contribution in [-0.2, 0) is 9.53 Å². The van der Waals surface area contributed by atoms with Crippen LogP contribution in [0.5, 0.6) is 5.75 Å². The van der Waals surface area contributed by atoms with Gasteiger partial charge in [0.2, 0.25) is 5.91 Å². The third-order valence-electron chi connectivity index (χ3n) is 4.72. The molecule has 2 aliphatic heterocycles. The molecule has 138 valence electrons. The van der Waals surface area contributed by atoms with Crippen LogP contribution in [0.2, 0.25) is 0 Å². The highest BCUT2D eigenvalue weighted by Crippen LogP contribution is 2.25. The Labute approximate surface area is 154 Å². The highest BCUT2D eigenvalue weighted by atomic mass is 32.2. The zero-order chi connectivity index (χ0) is 17.5. The molecular weight excluding hydrogens is 336 g/mol. The second kappa shape index (κ2) is 9.46. The predicted octanol–water partition coefficient (Wildman–Crippen LogP) is 2.83. The van der Waals surface area contributed by atoms with Gasteiger partial charge in [-0.05, 0) is 37.3 Å². The van der Waals surface area contributed by atoms with Crippen molar-refractivity contribution < 1.29 is 14.3 Å². The summed E-state index contributed by atoms with van der Waals surface area (Å²) in [5.41, 5.74) is 1.90. The molecule has 0 saturated carbocycles. The zero-order valence-corrected chi connectivity index (χ0v) is 15.7. The van der Waals surface area contributed by atoms with Crippen LogP contribution >= 0.6 is 11.8 Å². The summed E-state index contributed by atoms with van der Waals surface area (Å²) in [4.78, 5) is 12.3. The van der Waals surface area contributed by atoms with Crippen molar-refractivity contribution in [2.45, 2.75) is 32.2 Å². The van der Waals surface area contributed by atoms with Crippen molar-refractivity contribution in [2.24, 2.45) is 5.92 Å². The van der Waals surface area contributed by atoms with Crippen molar-refractivity contribution in [3.8, 4) is 5.75 Å². The van der Waals surface area contributed by atoms with Crippen LogP contribution in [0.1, 0.15) is 24.8 Å². The van der Waals surface area contributed by atoms with E-state index in [1.807, 2.05) is 36.9 Å². The quantitative estimate of drug-likeness (QED) is 0.813. The standard InChI is InChI=1S/C19H28N2O3S/c1-14-2-3-16(21-19(22)11-17-13-25-9-6-20-17)10-18(14)24-12-15-4-7-23-8-5-15/h2-3,10,15,17,20H,4-9,11-13H2,1H3,(H,21,22). The number of ether oxygens (including phenoxy) is 2. The van der Waals surface area contributed by atoms with Gasteiger partial charge in [0.05, 0.1) is 6.61 Å². The molecule has 2 aliphatic rings. The van der Waals surface area contributed by atoms with E-state index in [1.165, 1.54) is 0 Å². The van der Waals surface area contributed by atoms with Crippen LogP contribution in [-0.4, -0.2) is 49.8 Å². The van der Waals surface area contributed by atoms with E-state index in [2.05, 4.69) is 10.6 Å². The summed E-state index contributed by atoms with van der Waals surface area (Å²) < 4.78 is 11.4. The largest absolute Gasteiger partial charge is 0.493 e. The topological polar surface area (TPSA) is 59.6 Å². The van der Waals surface area contributed by atoms with Crippen LogP contribution in [0.3, 0.4) is 0 Å². The van der Waals surface area contributed by atoms with E-state index >= 15 is 0 Å². The van der Waals surface area contributed by atoms with Gasteiger partial charge in [0.1, 0.15) is 5.75 Å². The number of amides is 1. The molecule has 2 fully saturated rings. The molecule has 0 radical (unpaired) electrons. The van der Waals surface area contributed by atoms with E-state index in [0.717, 1.165) is 61.1 Å². The third kappa shape index (κ3) is 5.90. The second-order valence-corrected chi connectivity index (χ2v) is 7.98. The van der Waals surface area contributed by atoms with Crippen LogP contribution in [0.4, 0.5) is 5.69 Å². The van der Waals surface area contributed by atoms with Gasteiger partial charge in [0, 0.05) is 55.5 Å². The van der Waals surface area contributed by atoms with Gasteiger partial charge in [0.25, 0.3) is 0 Å². The number of rotatable bonds is 6. The van der Waals surface area contributed by atoms with E-state index in [-0.39, 0.29) is 11.9 Å². The molecule has 0 aliphatic carbocycles. The highest BCUT2D eigenvalue weighted by Gasteiger charge is 2.18. The molecule has 25 heavy (non-hydrogen) atoms. The van der Waals surface area contributed by atoms with E-state index < -0.39 is 0 Å². The van der Waals surface area contributed by atoms with Crippen molar-refractivity contribution in [2.75, 3.05) is 43.2 Å². The molecule has 2 saturated heterocycles. The number of hydrogen-bond donors (Lipinski definition) is 2. The molecule has 6 heteroatoms. The maximum Gasteiger partial charge on any atom is 0.225 e. The molecule has 3 rings (SSSR count). The highest BCUT2D eigenvalue weighted by molar-refractivity contribution is 7.99. The van der Waals surface area contributed by atoms with Crippen LogP contribution < -0.4 is 15.4 Å². The average molecular weight is 365 g/mol. The Morgan fingerprint density at radius 2 is 2.24 bits per heavy atom. The normalized spacial score (nSPS) is 21.7. The summed E-state index contributed by atoms with van der Waals surface area (Å²) in [7, 11) is 0. The number of nitrogens with one attached hydrogen (secondary N) is 2. The summed E-state index contributed by atoms with van der Waals surface area (Å²) in [6.07, 6.45) is 2.63. The lowest BCUT2D eigenvalue weighted by Crippen LogP contribution is -2.39.